The number of alkyl halides is 2. The van der Waals surface area contributed by atoms with Gasteiger partial charge in [-0.05, 0) is 18.4 Å². The topological polar surface area (TPSA) is 0 Å². The lowest BCUT2D eigenvalue weighted by Gasteiger charge is -2.03. The molecule has 0 saturated carbocycles. The summed E-state index contributed by atoms with van der Waals surface area (Å²) >= 11 is 2.08. The predicted molar refractivity (Wildman–Crippen MR) is 58.5 cm³/mol. The Kier molecular flexibility index (Phi) is 4.58. The zero-order chi connectivity index (χ0) is 8.81. The van der Waals surface area contributed by atoms with Crippen LogP contribution in [0.5, 0.6) is 0 Å². The van der Waals surface area contributed by atoms with E-state index in [0.717, 1.165) is 6.42 Å². The molecule has 1 unspecified atom stereocenters. The molecule has 0 N–H and O–H groups in total. The van der Waals surface area contributed by atoms with Crippen molar-refractivity contribution in [1.29, 1.82) is 0 Å². The zero-order valence-electron chi connectivity index (χ0n) is 6.84. The van der Waals surface area contributed by atoms with Crippen molar-refractivity contribution in [3.8, 4) is 0 Å². The minimum atomic E-state index is -0.647. The van der Waals surface area contributed by atoms with Crippen LogP contribution < -0.4 is 0 Å². The predicted octanol–water partition coefficient (Wildman–Crippen LogP) is 3.39. The fourth-order valence-corrected chi connectivity index (χ4v) is 1.49. The molecule has 0 aliphatic rings. The lowest BCUT2D eigenvalue weighted by molar-refractivity contribution is 0.351. The van der Waals surface area contributed by atoms with Crippen molar-refractivity contribution in [2.24, 2.45) is 0 Å². The summed E-state index contributed by atoms with van der Waals surface area (Å²) in [6.07, 6.45) is 0.851. The van der Waals surface area contributed by atoms with Crippen molar-refractivity contribution in [3.63, 3.8) is 0 Å². The quantitative estimate of drug-likeness (QED) is 0.585. The summed E-state index contributed by atoms with van der Waals surface area (Å²) in [6, 6.07) is 10.0. The molecule has 0 fully saturated rings. The molecule has 0 aliphatic heterocycles. The van der Waals surface area contributed by atoms with E-state index in [-0.39, 0.29) is 0 Å². The second kappa shape index (κ2) is 5.51. The molecule has 0 aliphatic carbocycles. The summed E-state index contributed by atoms with van der Waals surface area (Å²) in [6.45, 7) is 0. The minimum Gasteiger partial charge on any atom is -0.247 e. The molecule has 0 spiro atoms. The highest BCUT2D eigenvalue weighted by atomic mass is 127. The Bertz CT molecular complexity index is 210. The van der Waals surface area contributed by atoms with E-state index in [0.29, 0.717) is 10.8 Å². The second-order valence-electron chi connectivity index (χ2n) is 2.78. The molecule has 66 valence electrons. The minimum absolute atomic E-state index is 0.602. The fraction of sp³-hybridized carbons (Fsp3) is 0.400. The van der Waals surface area contributed by atoms with Gasteiger partial charge in [0.15, 0.2) is 0 Å². The number of hydrogen-bond donors (Lipinski definition) is 0. The summed E-state index contributed by atoms with van der Waals surface area (Å²) < 4.78 is 13.4. The summed E-state index contributed by atoms with van der Waals surface area (Å²) in [5.74, 6) is 0. The van der Waals surface area contributed by atoms with E-state index in [9.17, 15) is 4.39 Å². The van der Waals surface area contributed by atoms with Crippen LogP contribution >= 0.6 is 22.6 Å². The highest BCUT2D eigenvalue weighted by molar-refractivity contribution is 14.1. The number of rotatable bonds is 4. The lowest BCUT2D eigenvalue weighted by atomic mass is 10.1. The molecule has 1 aromatic rings. The van der Waals surface area contributed by atoms with Gasteiger partial charge in [-0.3, -0.25) is 0 Å². The van der Waals surface area contributed by atoms with E-state index >= 15 is 0 Å². The first kappa shape index (κ1) is 9.96. The van der Waals surface area contributed by atoms with Crippen LogP contribution in [0.15, 0.2) is 30.3 Å². The Labute approximate surface area is 86.3 Å². The summed E-state index contributed by atoms with van der Waals surface area (Å²) in [7, 11) is 0. The van der Waals surface area contributed by atoms with Crippen LogP contribution in [-0.4, -0.2) is 10.6 Å². The first-order chi connectivity index (χ1) is 5.83. The Morgan fingerprint density at radius 1 is 1.25 bits per heavy atom. The summed E-state index contributed by atoms with van der Waals surface area (Å²) in [4.78, 5) is 0. The molecule has 1 rings (SSSR count). The third kappa shape index (κ3) is 3.52. The standard InChI is InChI=1S/C10H12FI/c11-10(8-12)7-6-9-4-2-1-3-5-9/h1-5,10H,6-8H2. The van der Waals surface area contributed by atoms with Gasteiger partial charge in [0, 0.05) is 4.43 Å². The molecule has 0 heterocycles. The first-order valence-electron chi connectivity index (χ1n) is 4.07. The Hall–Kier alpha value is -0.120. The molecule has 1 aromatic carbocycles. The molecular weight excluding hydrogens is 266 g/mol. The van der Waals surface area contributed by atoms with Crippen molar-refractivity contribution in [3.05, 3.63) is 35.9 Å². The molecule has 0 saturated heterocycles. The van der Waals surface area contributed by atoms with Gasteiger partial charge in [0.2, 0.25) is 0 Å². The largest absolute Gasteiger partial charge is 0.247 e. The molecule has 0 bridgehead atoms. The molecule has 1 atom stereocenters. The van der Waals surface area contributed by atoms with Gasteiger partial charge in [-0.15, -0.1) is 0 Å². The fourth-order valence-electron chi connectivity index (χ4n) is 1.05. The second-order valence-corrected chi connectivity index (χ2v) is 3.66. The van der Waals surface area contributed by atoms with E-state index in [4.69, 9.17) is 0 Å². The van der Waals surface area contributed by atoms with Crippen molar-refractivity contribution < 1.29 is 4.39 Å². The van der Waals surface area contributed by atoms with Gasteiger partial charge in [0.05, 0.1) is 0 Å². The van der Waals surface area contributed by atoms with Crippen LogP contribution in [0.4, 0.5) is 4.39 Å². The van der Waals surface area contributed by atoms with E-state index in [1.54, 1.807) is 0 Å². The molecule has 0 aromatic heterocycles. The maximum atomic E-state index is 12.8. The Morgan fingerprint density at radius 2 is 1.92 bits per heavy atom. The number of hydrogen-bond acceptors (Lipinski definition) is 0. The van der Waals surface area contributed by atoms with E-state index in [1.807, 2.05) is 30.3 Å². The van der Waals surface area contributed by atoms with Crippen molar-refractivity contribution in [2.45, 2.75) is 19.0 Å². The van der Waals surface area contributed by atoms with Crippen LogP contribution in [0.25, 0.3) is 0 Å². The van der Waals surface area contributed by atoms with Crippen molar-refractivity contribution >= 4 is 22.6 Å². The monoisotopic (exact) mass is 278 g/mol. The molecule has 12 heavy (non-hydrogen) atoms. The van der Waals surface area contributed by atoms with E-state index in [1.165, 1.54) is 5.56 Å². The number of aryl methyl sites for hydroxylation is 1. The third-order valence-corrected chi connectivity index (χ3v) is 2.71. The maximum Gasteiger partial charge on any atom is 0.109 e. The highest BCUT2D eigenvalue weighted by Gasteiger charge is 2.03. The molecular formula is C10H12FI. The molecule has 2 heteroatoms. The highest BCUT2D eigenvalue weighted by Crippen LogP contribution is 2.08. The third-order valence-electron chi connectivity index (χ3n) is 1.76. The van der Waals surface area contributed by atoms with Crippen molar-refractivity contribution in [1.82, 2.24) is 0 Å². The van der Waals surface area contributed by atoms with Crippen LogP contribution in [0, 0.1) is 0 Å². The van der Waals surface area contributed by atoms with E-state index in [2.05, 4.69) is 22.6 Å². The average Bonchev–Trinajstić information content (AvgIpc) is 2.16. The molecule has 0 amide bonds. The Morgan fingerprint density at radius 3 is 2.50 bits per heavy atom. The lowest BCUT2D eigenvalue weighted by Crippen LogP contribution is -2.02. The molecule has 0 nitrogen and oxygen atoms in total. The van der Waals surface area contributed by atoms with Gasteiger partial charge in [-0.2, -0.15) is 0 Å². The van der Waals surface area contributed by atoms with Gasteiger partial charge in [-0.1, -0.05) is 52.9 Å². The molecule has 0 radical (unpaired) electrons. The van der Waals surface area contributed by atoms with Crippen LogP contribution in [0.2, 0.25) is 0 Å². The van der Waals surface area contributed by atoms with Crippen molar-refractivity contribution in [2.75, 3.05) is 4.43 Å². The zero-order valence-corrected chi connectivity index (χ0v) is 9.00. The average molecular weight is 278 g/mol. The maximum absolute atomic E-state index is 12.8. The van der Waals surface area contributed by atoms with Crippen LogP contribution in [0.3, 0.4) is 0 Å². The van der Waals surface area contributed by atoms with Gasteiger partial charge < -0.3 is 0 Å². The van der Waals surface area contributed by atoms with Crippen LogP contribution in [0.1, 0.15) is 12.0 Å². The number of halogens is 2. The normalized spacial score (nSPS) is 12.8. The smallest absolute Gasteiger partial charge is 0.109 e. The number of benzene rings is 1. The van der Waals surface area contributed by atoms with Gasteiger partial charge in [0.1, 0.15) is 6.17 Å². The first-order valence-corrected chi connectivity index (χ1v) is 5.59. The van der Waals surface area contributed by atoms with E-state index < -0.39 is 6.17 Å². The summed E-state index contributed by atoms with van der Waals surface area (Å²) in [5, 5.41) is 0. The SMILES string of the molecule is FC(CI)CCc1ccccc1. The van der Waals surface area contributed by atoms with Gasteiger partial charge in [0.25, 0.3) is 0 Å². The van der Waals surface area contributed by atoms with Gasteiger partial charge in [-0.25, -0.2) is 4.39 Å². The Balaban J connectivity index is 2.33. The van der Waals surface area contributed by atoms with Crippen LogP contribution in [-0.2, 0) is 6.42 Å². The van der Waals surface area contributed by atoms with Gasteiger partial charge >= 0.3 is 0 Å². The summed E-state index contributed by atoms with van der Waals surface area (Å²) in [5.41, 5.74) is 1.23.